The molecule has 1 N–H and O–H groups in total. The van der Waals surface area contributed by atoms with Gasteiger partial charge in [0.2, 0.25) is 5.91 Å². The van der Waals surface area contributed by atoms with E-state index in [0.717, 1.165) is 22.9 Å². The zero-order chi connectivity index (χ0) is 15.4. The fraction of sp³-hybridized carbons (Fsp3) is 0.500. The number of carbonyl (C=O) groups excluding carboxylic acids is 2. The summed E-state index contributed by atoms with van der Waals surface area (Å²) in [4.78, 5) is 25.8. The maximum Gasteiger partial charge on any atom is 0.255 e. The van der Waals surface area contributed by atoms with Crippen LogP contribution in [0.4, 0.5) is 0 Å². The van der Waals surface area contributed by atoms with E-state index in [0.29, 0.717) is 25.1 Å². The van der Waals surface area contributed by atoms with Crippen molar-refractivity contribution in [1.82, 2.24) is 10.2 Å². The van der Waals surface area contributed by atoms with E-state index in [1.54, 1.807) is 0 Å². The van der Waals surface area contributed by atoms with E-state index >= 15 is 0 Å². The average Bonchev–Trinajstić information content (AvgIpc) is 2.50. The average molecular weight is 353 g/mol. The second-order valence-corrected chi connectivity index (χ2v) is 6.22. The number of piperidine rings is 1. The first-order valence-electron chi connectivity index (χ1n) is 7.36. The van der Waals surface area contributed by atoms with Gasteiger partial charge >= 0.3 is 0 Å². The summed E-state index contributed by atoms with van der Waals surface area (Å²) in [5.74, 6) is 0.145. The quantitative estimate of drug-likeness (QED) is 0.909. The molecule has 5 heteroatoms. The fourth-order valence-electron chi connectivity index (χ4n) is 2.54. The minimum absolute atomic E-state index is 0.0610. The monoisotopic (exact) mass is 352 g/mol. The van der Waals surface area contributed by atoms with Gasteiger partial charge in [-0.15, -0.1) is 0 Å². The third kappa shape index (κ3) is 3.84. The van der Waals surface area contributed by atoms with E-state index in [9.17, 15) is 9.59 Å². The lowest BCUT2D eigenvalue weighted by molar-refractivity contribution is -0.121. The second kappa shape index (κ2) is 7.07. The van der Waals surface area contributed by atoms with Crippen molar-refractivity contribution >= 4 is 27.7 Å². The van der Waals surface area contributed by atoms with E-state index in [4.69, 9.17) is 0 Å². The third-order valence-corrected chi connectivity index (χ3v) is 4.94. The zero-order valence-corrected chi connectivity index (χ0v) is 14.1. The summed E-state index contributed by atoms with van der Waals surface area (Å²) in [5, 5.41) is 3.00. The summed E-state index contributed by atoms with van der Waals surface area (Å²) >= 11 is 3.50. The van der Waals surface area contributed by atoms with Gasteiger partial charge in [-0.3, -0.25) is 9.59 Å². The van der Waals surface area contributed by atoms with Crippen molar-refractivity contribution < 1.29 is 9.59 Å². The summed E-state index contributed by atoms with van der Waals surface area (Å²) in [5.41, 5.74) is 1.77. The van der Waals surface area contributed by atoms with Crippen LogP contribution in [0.5, 0.6) is 0 Å². The number of rotatable bonds is 3. The maximum atomic E-state index is 12.6. The van der Waals surface area contributed by atoms with Gasteiger partial charge in [-0.25, -0.2) is 0 Å². The van der Waals surface area contributed by atoms with E-state index in [2.05, 4.69) is 21.2 Å². The number of amides is 2. The molecule has 0 aliphatic carbocycles. The highest BCUT2D eigenvalue weighted by Gasteiger charge is 2.25. The van der Waals surface area contributed by atoms with Gasteiger partial charge in [-0.2, -0.15) is 0 Å². The normalized spacial score (nSPS) is 15.9. The molecule has 1 aliphatic heterocycles. The highest BCUT2D eigenvalue weighted by molar-refractivity contribution is 9.10. The highest BCUT2D eigenvalue weighted by atomic mass is 79.9. The summed E-state index contributed by atoms with van der Waals surface area (Å²) in [6, 6.07) is 5.93. The van der Waals surface area contributed by atoms with E-state index in [1.165, 1.54) is 0 Å². The molecule has 0 unspecified atom stereocenters. The van der Waals surface area contributed by atoms with Crippen LogP contribution in [0.3, 0.4) is 0 Å². The molecule has 0 bridgehead atoms. The van der Waals surface area contributed by atoms with Crippen LogP contribution in [0.25, 0.3) is 0 Å². The smallest absolute Gasteiger partial charge is 0.255 e. The lowest BCUT2D eigenvalue weighted by Gasteiger charge is -2.32. The van der Waals surface area contributed by atoms with Crippen LogP contribution < -0.4 is 5.32 Å². The summed E-state index contributed by atoms with van der Waals surface area (Å²) in [6.45, 7) is 5.21. The molecule has 1 heterocycles. The van der Waals surface area contributed by atoms with Gasteiger partial charge in [0.25, 0.3) is 5.91 Å². The minimum atomic E-state index is 0.0610. The molecule has 0 saturated carbocycles. The Morgan fingerprint density at radius 3 is 2.62 bits per heavy atom. The Balaban J connectivity index is 1.97. The number of carbonyl (C=O) groups is 2. The van der Waals surface area contributed by atoms with Gasteiger partial charge in [0.05, 0.1) is 5.56 Å². The molecule has 2 amide bonds. The Labute approximate surface area is 134 Å². The molecule has 114 valence electrons. The van der Waals surface area contributed by atoms with Crippen molar-refractivity contribution in [1.29, 1.82) is 0 Å². The maximum absolute atomic E-state index is 12.6. The van der Waals surface area contributed by atoms with Crippen LogP contribution in [0.1, 0.15) is 42.1 Å². The number of likely N-dealkylation sites (tertiary alicyclic amines) is 1. The molecule has 0 radical (unpaired) electrons. The molecule has 0 spiro atoms. The van der Waals surface area contributed by atoms with Gasteiger partial charge in [-0.1, -0.05) is 19.1 Å². The highest BCUT2D eigenvalue weighted by Crippen LogP contribution is 2.23. The number of hydrogen-bond donors (Lipinski definition) is 1. The second-order valence-electron chi connectivity index (χ2n) is 5.42. The van der Waals surface area contributed by atoms with Crippen molar-refractivity contribution in [3.8, 4) is 0 Å². The van der Waals surface area contributed by atoms with Gasteiger partial charge in [-0.05, 0) is 47.3 Å². The van der Waals surface area contributed by atoms with Crippen molar-refractivity contribution in [2.75, 3.05) is 13.1 Å². The fourth-order valence-corrected chi connectivity index (χ4v) is 2.97. The van der Waals surface area contributed by atoms with E-state index in [-0.39, 0.29) is 17.9 Å². The van der Waals surface area contributed by atoms with Crippen LogP contribution in [-0.2, 0) is 4.79 Å². The lowest BCUT2D eigenvalue weighted by Crippen LogP contribution is -2.46. The van der Waals surface area contributed by atoms with Crippen LogP contribution >= 0.6 is 15.9 Å². The number of nitrogens with one attached hydrogen (secondary N) is 1. The molecule has 1 aromatic rings. The lowest BCUT2D eigenvalue weighted by atomic mass is 10.0. The van der Waals surface area contributed by atoms with Gasteiger partial charge in [0.15, 0.2) is 0 Å². The van der Waals surface area contributed by atoms with E-state index < -0.39 is 0 Å². The van der Waals surface area contributed by atoms with Crippen LogP contribution in [0, 0.1) is 6.92 Å². The molecular formula is C16H21BrN2O2. The van der Waals surface area contributed by atoms with Gasteiger partial charge < -0.3 is 10.2 Å². The molecular weight excluding hydrogens is 332 g/mol. The number of hydrogen-bond acceptors (Lipinski definition) is 2. The van der Waals surface area contributed by atoms with Crippen molar-refractivity contribution in [3.05, 3.63) is 33.8 Å². The minimum Gasteiger partial charge on any atom is -0.353 e. The number of aryl methyl sites for hydroxylation is 1. The molecule has 1 fully saturated rings. The summed E-state index contributed by atoms with van der Waals surface area (Å²) in [7, 11) is 0. The SMILES string of the molecule is CCC(=O)NC1CCN(C(=O)c2cccc(C)c2Br)CC1. The van der Waals surface area contributed by atoms with Gasteiger partial charge in [0, 0.05) is 30.0 Å². The van der Waals surface area contributed by atoms with Crippen LogP contribution in [-0.4, -0.2) is 35.8 Å². The molecule has 1 aromatic carbocycles. The van der Waals surface area contributed by atoms with Crippen molar-refractivity contribution in [3.63, 3.8) is 0 Å². The Bertz CT molecular complexity index is 537. The molecule has 1 saturated heterocycles. The Hall–Kier alpha value is -1.36. The summed E-state index contributed by atoms with van der Waals surface area (Å²) in [6.07, 6.45) is 2.15. The van der Waals surface area contributed by atoms with Crippen LogP contribution in [0.2, 0.25) is 0 Å². The third-order valence-electron chi connectivity index (χ3n) is 3.89. The first kappa shape index (κ1) is 16.0. The first-order valence-corrected chi connectivity index (χ1v) is 8.16. The Morgan fingerprint density at radius 1 is 1.33 bits per heavy atom. The number of halogens is 1. The molecule has 0 aromatic heterocycles. The molecule has 21 heavy (non-hydrogen) atoms. The van der Waals surface area contributed by atoms with Gasteiger partial charge in [0.1, 0.15) is 0 Å². The molecule has 0 atom stereocenters. The topological polar surface area (TPSA) is 49.4 Å². The number of nitrogens with zero attached hydrogens (tertiary/aromatic N) is 1. The predicted octanol–water partition coefficient (Wildman–Crippen LogP) is 2.89. The molecule has 4 nitrogen and oxygen atoms in total. The standard InChI is InChI=1S/C16H21BrN2O2/c1-3-14(20)18-12-7-9-19(10-8-12)16(21)13-6-4-5-11(2)15(13)17/h4-6,12H,3,7-10H2,1-2H3,(H,18,20). The van der Waals surface area contributed by atoms with Crippen LogP contribution in [0.15, 0.2) is 22.7 Å². The number of benzene rings is 1. The van der Waals surface area contributed by atoms with Crippen molar-refractivity contribution in [2.24, 2.45) is 0 Å². The largest absolute Gasteiger partial charge is 0.353 e. The zero-order valence-electron chi connectivity index (χ0n) is 12.5. The predicted molar refractivity (Wildman–Crippen MR) is 86.2 cm³/mol. The molecule has 2 rings (SSSR count). The Morgan fingerprint density at radius 2 is 2.00 bits per heavy atom. The van der Waals surface area contributed by atoms with Crippen molar-refractivity contribution in [2.45, 2.75) is 39.2 Å². The summed E-state index contributed by atoms with van der Waals surface area (Å²) < 4.78 is 0.872. The first-order chi connectivity index (χ1) is 10.0. The molecule has 1 aliphatic rings. The van der Waals surface area contributed by atoms with E-state index in [1.807, 2.05) is 36.9 Å². The Kier molecular flexibility index (Phi) is 5.39.